The van der Waals surface area contributed by atoms with Gasteiger partial charge >= 0.3 is 12.0 Å². The minimum atomic E-state index is -0.990. The number of imide groups is 2. The van der Waals surface area contributed by atoms with Crippen LogP contribution in [-0.4, -0.2) is 64.8 Å². The molecule has 9 nitrogen and oxygen atoms in total. The smallest absolute Gasteiger partial charge is 0.326 e. The van der Waals surface area contributed by atoms with Crippen molar-refractivity contribution < 1.29 is 28.7 Å². The molecule has 3 aliphatic rings. The second kappa shape index (κ2) is 7.18. The minimum absolute atomic E-state index is 0.105. The van der Waals surface area contributed by atoms with Crippen LogP contribution in [0.2, 0.25) is 0 Å². The lowest BCUT2D eigenvalue weighted by Gasteiger charge is -2.43. The molecule has 3 rings (SSSR count). The molecular formula is C19H27N3O6. The third kappa shape index (κ3) is 3.88. The summed E-state index contributed by atoms with van der Waals surface area (Å²) in [5.41, 5.74) is -1.10. The van der Waals surface area contributed by atoms with Crippen molar-refractivity contribution in [2.45, 2.75) is 58.4 Å². The third-order valence-corrected chi connectivity index (χ3v) is 5.64. The largest absolute Gasteiger partial charge is 0.454 e. The molecule has 5 amide bonds. The fourth-order valence-corrected chi connectivity index (χ4v) is 4.96. The van der Waals surface area contributed by atoms with Gasteiger partial charge in [0.2, 0.25) is 5.91 Å². The van der Waals surface area contributed by atoms with Gasteiger partial charge in [-0.15, -0.1) is 0 Å². The standard InChI is InChI=1S/C19H27N3O6/c1-12-7-18(2,3)11-19(8-12)16(26)22(17(27)20-19)9-15(25)28-10-14(24)21-6-4-5-13(21)23/h12H,4-11H2,1-3H3,(H,20,27)/t12-,19-/m1/s1. The fraction of sp³-hybridized carbons (Fsp3) is 0.737. The van der Waals surface area contributed by atoms with Gasteiger partial charge in [-0.25, -0.2) is 4.79 Å². The summed E-state index contributed by atoms with van der Waals surface area (Å²) in [5.74, 6) is -1.90. The predicted molar refractivity (Wildman–Crippen MR) is 96.7 cm³/mol. The molecule has 2 aliphatic heterocycles. The van der Waals surface area contributed by atoms with E-state index in [9.17, 15) is 24.0 Å². The first-order valence-corrected chi connectivity index (χ1v) is 9.66. The number of rotatable bonds is 4. The monoisotopic (exact) mass is 393 g/mol. The number of ether oxygens (including phenoxy) is 1. The molecular weight excluding hydrogens is 366 g/mol. The van der Waals surface area contributed by atoms with Crippen molar-refractivity contribution in [3.63, 3.8) is 0 Å². The van der Waals surface area contributed by atoms with Gasteiger partial charge in [0.25, 0.3) is 11.8 Å². The molecule has 0 aromatic rings. The van der Waals surface area contributed by atoms with E-state index in [4.69, 9.17) is 4.74 Å². The Morgan fingerprint density at radius 1 is 1.21 bits per heavy atom. The van der Waals surface area contributed by atoms with E-state index in [-0.39, 0.29) is 17.2 Å². The quantitative estimate of drug-likeness (QED) is 0.559. The number of esters is 1. The van der Waals surface area contributed by atoms with Crippen LogP contribution < -0.4 is 5.32 Å². The molecule has 0 aromatic heterocycles. The van der Waals surface area contributed by atoms with Crippen LogP contribution in [0.4, 0.5) is 4.79 Å². The first-order chi connectivity index (χ1) is 13.0. The number of carbonyl (C=O) groups is 5. The lowest BCUT2D eigenvalue weighted by atomic mass is 9.64. The molecule has 0 aromatic carbocycles. The van der Waals surface area contributed by atoms with Crippen molar-refractivity contribution in [1.82, 2.24) is 15.1 Å². The molecule has 9 heteroatoms. The number of hydrogen-bond acceptors (Lipinski definition) is 6. The molecule has 0 radical (unpaired) electrons. The van der Waals surface area contributed by atoms with Gasteiger partial charge in [0.15, 0.2) is 6.61 Å². The van der Waals surface area contributed by atoms with E-state index in [1.54, 1.807) is 0 Å². The number of amides is 5. The summed E-state index contributed by atoms with van der Waals surface area (Å²) in [6.45, 7) is 5.35. The Balaban J connectivity index is 1.59. The summed E-state index contributed by atoms with van der Waals surface area (Å²) in [6.07, 6.45) is 2.90. The van der Waals surface area contributed by atoms with Crippen LogP contribution in [0.3, 0.4) is 0 Å². The maximum Gasteiger partial charge on any atom is 0.326 e. The van der Waals surface area contributed by atoms with Gasteiger partial charge in [0.1, 0.15) is 12.1 Å². The van der Waals surface area contributed by atoms with Gasteiger partial charge in [-0.3, -0.25) is 29.0 Å². The molecule has 2 saturated heterocycles. The van der Waals surface area contributed by atoms with Crippen LogP contribution in [0.15, 0.2) is 0 Å². The van der Waals surface area contributed by atoms with Crippen LogP contribution in [0, 0.1) is 11.3 Å². The lowest BCUT2D eigenvalue weighted by molar-refractivity contribution is -0.156. The van der Waals surface area contributed by atoms with Crippen LogP contribution >= 0.6 is 0 Å². The Hall–Kier alpha value is -2.45. The predicted octanol–water partition coefficient (Wildman–Crippen LogP) is 0.815. The maximum atomic E-state index is 13.0. The van der Waals surface area contributed by atoms with Crippen LogP contribution in [0.1, 0.15) is 52.9 Å². The van der Waals surface area contributed by atoms with Crippen LogP contribution in [0.5, 0.6) is 0 Å². The van der Waals surface area contributed by atoms with Gasteiger partial charge in [-0.2, -0.15) is 0 Å². The van der Waals surface area contributed by atoms with Crippen molar-refractivity contribution in [3.8, 4) is 0 Å². The summed E-state index contributed by atoms with van der Waals surface area (Å²) in [7, 11) is 0. The highest BCUT2D eigenvalue weighted by Crippen LogP contribution is 2.46. The van der Waals surface area contributed by atoms with E-state index in [1.165, 1.54) is 0 Å². The molecule has 0 unspecified atom stereocenters. The SMILES string of the molecule is C[C@@H]1CC(C)(C)C[C@@]2(C1)NC(=O)N(CC(=O)OCC(=O)N1CCCC1=O)C2=O. The average Bonchev–Trinajstić information content (AvgIpc) is 3.08. The average molecular weight is 393 g/mol. The second-order valence-electron chi connectivity index (χ2n) is 8.96. The Morgan fingerprint density at radius 3 is 2.54 bits per heavy atom. The molecule has 3 fully saturated rings. The van der Waals surface area contributed by atoms with E-state index < -0.39 is 42.5 Å². The third-order valence-electron chi connectivity index (χ3n) is 5.64. The Kier molecular flexibility index (Phi) is 5.20. The van der Waals surface area contributed by atoms with Crippen molar-refractivity contribution in [2.75, 3.05) is 19.7 Å². The zero-order chi connectivity index (χ0) is 20.7. The summed E-state index contributed by atoms with van der Waals surface area (Å²) in [6, 6.07) is -0.618. The number of urea groups is 1. The molecule has 1 spiro atoms. The first-order valence-electron chi connectivity index (χ1n) is 9.66. The number of hydrogen-bond donors (Lipinski definition) is 1. The molecule has 1 saturated carbocycles. The molecule has 0 bridgehead atoms. The first kappa shape index (κ1) is 20.3. The Labute approximate surface area is 163 Å². The number of carbonyl (C=O) groups excluding carboxylic acids is 5. The van der Waals surface area contributed by atoms with Crippen molar-refractivity contribution >= 4 is 29.7 Å². The van der Waals surface area contributed by atoms with E-state index in [0.29, 0.717) is 32.2 Å². The van der Waals surface area contributed by atoms with E-state index in [2.05, 4.69) is 19.2 Å². The fourth-order valence-electron chi connectivity index (χ4n) is 4.96. The number of nitrogens with one attached hydrogen (secondary N) is 1. The highest BCUT2D eigenvalue weighted by molar-refractivity contribution is 6.09. The highest BCUT2D eigenvalue weighted by atomic mass is 16.5. The van der Waals surface area contributed by atoms with E-state index >= 15 is 0 Å². The van der Waals surface area contributed by atoms with E-state index in [0.717, 1.165) is 16.2 Å². The zero-order valence-electron chi connectivity index (χ0n) is 16.6. The Morgan fingerprint density at radius 2 is 1.93 bits per heavy atom. The normalized spacial score (nSPS) is 29.4. The van der Waals surface area contributed by atoms with Crippen LogP contribution in [-0.2, 0) is 23.9 Å². The van der Waals surface area contributed by atoms with Crippen LogP contribution in [0.25, 0.3) is 0 Å². The minimum Gasteiger partial charge on any atom is -0.454 e. The Bertz CT molecular complexity index is 733. The highest BCUT2D eigenvalue weighted by Gasteiger charge is 2.56. The summed E-state index contributed by atoms with van der Waals surface area (Å²) < 4.78 is 4.90. The number of nitrogens with zero attached hydrogens (tertiary/aromatic N) is 2. The number of likely N-dealkylation sites (tertiary alicyclic amines) is 1. The van der Waals surface area contributed by atoms with Gasteiger partial charge in [-0.05, 0) is 37.0 Å². The van der Waals surface area contributed by atoms with Crippen molar-refractivity contribution in [2.24, 2.45) is 11.3 Å². The molecule has 1 aliphatic carbocycles. The molecule has 2 heterocycles. The van der Waals surface area contributed by atoms with Gasteiger partial charge in [-0.1, -0.05) is 20.8 Å². The van der Waals surface area contributed by atoms with Crippen molar-refractivity contribution in [1.29, 1.82) is 0 Å². The second-order valence-corrected chi connectivity index (χ2v) is 8.96. The summed E-state index contributed by atoms with van der Waals surface area (Å²) in [4.78, 5) is 62.8. The van der Waals surface area contributed by atoms with Crippen molar-refractivity contribution in [3.05, 3.63) is 0 Å². The lowest BCUT2D eigenvalue weighted by Crippen LogP contribution is -2.54. The maximum absolute atomic E-state index is 13.0. The summed E-state index contributed by atoms with van der Waals surface area (Å²) in [5, 5.41) is 2.79. The van der Waals surface area contributed by atoms with Gasteiger partial charge in [0.05, 0.1) is 0 Å². The topological polar surface area (TPSA) is 113 Å². The molecule has 2 atom stereocenters. The molecule has 1 N–H and O–H groups in total. The van der Waals surface area contributed by atoms with Gasteiger partial charge < -0.3 is 10.1 Å². The molecule has 28 heavy (non-hydrogen) atoms. The van der Waals surface area contributed by atoms with E-state index in [1.807, 2.05) is 6.92 Å². The van der Waals surface area contributed by atoms with Gasteiger partial charge in [0, 0.05) is 13.0 Å². The molecule has 154 valence electrons. The summed E-state index contributed by atoms with van der Waals surface area (Å²) >= 11 is 0. The zero-order valence-corrected chi connectivity index (χ0v) is 16.6.